The highest BCUT2D eigenvalue weighted by Gasteiger charge is 2.17. The van der Waals surface area contributed by atoms with E-state index in [0.29, 0.717) is 34.8 Å². The third-order valence-electron chi connectivity index (χ3n) is 4.54. The van der Waals surface area contributed by atoms with Crippen LogP contribution in [0.4, 0.5) is 0 Å². The number of hydrogen-bond acceptors (Lipinski definition) is 5. The van der Waals surface area contributed by atoms with Crippen molar-refractivity contribution in [2.75, 3.05) is 12.4 Å². The maximum absolute atomic E-state index is 12.8. The smallest absolute Gasteiger partial charge is 0.262 e. The van der Waals surface area contributed by atoms with Gasteiger partial charge >= 0.3 is 0 Å². The number of halogens is 1. The van der Waals surface area contributed by atoms with Gasteiger partial charge in [0.25, 0.3) is 5.56 Å². The van der Waals surface area contributed by atoms with E-state index in [1.807, 2.05) is 31.2 Å². The number of nitrogens with zero attached hydrogens (tertiary/aromatic N) is 2. The van der Waals surface area contributed by atoms with Gasteiger partial charge in [-0.25, -0.2) is 4.98 Å². The zero-order valence-electron chi connectivity index (χ0n) is 14.7. The van der Waals surface area contributed by atoms with Crippen LogP contribution < -0.4 is 10.3 Å². The van der Waals surface area contributed by atoms with Crippen LogP contribution in [0.1, 0.15) is 22.8 Å². The van der Waals surface area contributed by atoms with Crippen molar-refractivity contribution in [1.82, 2.24) is 9.55 Å². The van der Waals surface area contributed by atoms with Crippen molar-refractivity contribution in [2.45, 2.75) is 25.0 Å². The first-order chi connectivity index (χ1) is 13.1. The van der Waals surface area contributed by atoms with Crippen molar-refractivity contribution in [3.63, 3.8) is 0 Å². The Morgan fingerprint density at radius 2 is 2.15 bits per heavy atom. The van der Waals surface area contributed by atoms with Crippen LogP contribution >= 0.6 is 27.7 Å². The quantitative estimate of drug-likeness (QED) is 0.337. The van der Waals surface area contributed by atoms with E-state index in [-0.39, 0.29) is 17.1 Å². The zero-order valence-corrected chi connectivity index (χ0v) is 17.1. The number of thioether (sulfide) groups is 1. The van der Waals surface area contributed by atoms with Gasteiger partial charge in [-0.3, -0.25) is 14.2 Å². The summed E-state index contributed by atoms with van der Waals surface area (Å²) in [6.07, 6.45) is 0.834. The molecule has 3 aromatic rings. The summed E-state index contributed by atoms with van der Waals surface area (Å²) in [5, 5.41) is 1.13. The van der Waals surface area contributed by atoms with Gasteiger partial charge in [0.2, 0.25) is 0 Å². The molecule has 0 amide bonds. The minimum atomic E-state index is -0.0894. The summed E-state index contributed by atoms with van der Waals surface area (Å²) in [5.74, 6) is 1.11. The average Bonchev–Trinajstić information content (AvgIpc) is 3.14. The van der Waals surface area contributed by atoms with Crippen molar-refractivity contribution in [2.24, 2.45) is 0 Å². The monoisotopic (exact) mass is 444 g/mol. The molecule has 0 radical (unpaired) electrons. The molecule has 27 heavy (non-hydrogen) atoms. The largest absolute Gasteiger partial charge is 0.493 e. The molecule has 1 aliphatic rings. The van der Waals surface area contributed by atoms with Crippen LogP contribution in [0.2, 0.25) is 0 Å². The Kier molecular flexibility index (Phi) is 5.06. The molecule has 0 aliphatic carbocycles. The van der Waals surface area contributed by atoms with E-state index in [0.717, 1.165) is 22.2 Å². The van der Waals surface area contributed by atoms with Gasteiger partial charge < -0.3 is 4.74 Å². The standard InChI is InChI=1S/C20H17BrN2O3S/c1-2-23-19(25)15-10-14(21)4-5-16(15)22-20(23)27-11-17(24)12-3-6-18-13(9-12)7-8-26-18/h3-6,9-10H,2,7-8,11H2,1H3. The van der Waals surface area contributed by atoms with E-state index in [1.165, 1.54) is 11.8 Å². The lowest BCUT2D eigenvalue weighted by atomic mass is 10.1. The van der Waals surface area contributed by atoms with Crippen LogP contribution in [-0.4, -0.2) is 27.7 Å². The fourth-order valence-corrected chi connectivity index (χ4v) is 4.45. The van der Waals surface area contributed by atoms with Crippen LogP contribution in [-0.2, 0) is 13.0 Å². The maximum atomic E-state index is 12.8. The summed E-state index contributed by atoms with van der Waals surface area (Å²) in [4.78, 5) is 30.0. The second-order valence-corrected chi connectivity index (χ2v) is 8.10. The zero-order chi connectivity index (χ0) is 19.0. The van der Waals surface area contributed by atoms with Crippen molar-refractivity contribution in [3.05, 3.63) is 62.4 Å². The Bertz CT molecular complexity index is 1110. The van der Waals surface area contributed by atoms with Gasteiger partial charge in [-0.2, -0.15) is 0 Å². The summed E-state index contributed by atoms with van der Waals surface area (Å²) in [6, 6.07) is 11.0. The summed E-state index contributed by atoms with van der Waals surface area (Å²) in [7, 11) is 0. The Morgan fingerprint density at radius 3 is 2.96 bits per heavy atom. The predicted molar refractivity (Wildman–Crippen MR) is 110 cm³/mol. The SMILES string of the molecule is CCn1c(SCC(=O)c2ccc3c(c2)CCO3)nc2ccc(Br)cc2c1=O. The number of carbonyl (C=O) groups excluding carboxylic acids is 1. The van der Waals surface area contributed by atoms with Gasteiger partial charge in [0.1, 0.15) is 5.75 Å². The third-order valence-corrected chi connectivity index (χ3v) is 6.01. The van der Waals surface area contributed by atoms with E-state index in [2.05, 4.69) is 20.9 Å². The van der Waals surface area contributed by atoms with E-state index in [1.54, 1.807) is 16.7 Å². The first-order valence-electron chi connectivity index (χ1n) is 8.68. The number of carbonyl (C=O) groups is 1. The molecule has 2 heterocycles. The van der Waals surface area contributed by atoms with E-state index in [9.17, 15) is 9.59 Å². The molecule has 0 spiro atoms. The number of rotatable bonds is 5. The molecule has 0 atom stereocenters. The fourth-order valence-electron chi connectivity index (χ4n) is 3.14. The van der Waals surface area contributed by atoms with Crippen LogP contribution in [0.25, 0.3) is 10.9 Å². The number of Topliss-reactive ketones (excluding diaryl/α,β-unsaturated/α-hetero) is 1. The molecule has 138 valence electrons. The number of benzene rings is 2. The molecule has 1 aromatic heterocycles. The number of ketones is 1. The Morgan fingerprint density at radius 1 is 1.30 bits per heavy atom. The Hall–Kier alpha value is -2.12. The van der Waals surface area contributed by atoms with Gasteiger partial charge in [-0.15, -0.1) is 0 Å². The summed E-state index contributed by atoms with van der Waals surface area (Å²) in [5.41, 5.74) is 2.29. The van der Waals surface area contributed by atoms with Gasteiger partial charge in [0.15, 0.2) is 10.9 Å². The fraction of sp³-hybridized carbons (Fsp3) is 0.250. The normalized spacial score (nSPS) is 12.8. The van der Waals surface area contributed by atoms with Crippen molar-refractivity contribution in [1.29, 1.82) is 0 Å². The molecule has 5 nitrogen and oxygen atoms in total. The molecule has 0 saturated carbocycles. The van der Waals surface area contributed by atoms with Crippen LogP contribution in [0, 0.1) is 0 Å². The lowest BCUT2D eigenvalue weighted by molar-refractivity contribution is 0.102. The number of aromatic nitrogens is 2. The number of hydrogen-bond donors (Lipinski definition) is 0. The molecule has 0 N–H and O–H groups in total. The minimum absolute atomic E-state index is 0.0162. The highest BCUT2D eigenvalue weighted by molar-refractivity contribution is 9.10. The Balaban J connectivity index is 1.60. The van der Waals surface area contributed by atoms with Crippen molar-refractivity contribution < 1.29 is 9.53 Å². The molecule has 1 aliphatic heterocycles. The van der Waals surface area contributed by atoms with E-state index >= 15 is 0 Å². The lowest BCUT2D eigenvalue weighted by Crippen LogP contribution is -2.23. The minimum Gasteiger partial charge on any atom is -0.493 e. The summed E-state index contributed by atoms with van der Waals surface area (Å²) >= 11 is 4.69. The van der Waals surface area contributed by atoms with Crippen molar-refractivity contribution >= 4 is 44.4 Å². The number of ether oxygens (including phenoxy) is 1. The number of fused-ring (bicyclic) bond motifs is 2. The first-order valence-corrected chi connectivity index (χ1v) is 10.5. The highest BCUT2D eigenvalue weighted by atomic mass is 79.9. The molecule has 0 bridgehead atoms. The highest BCUT2D eigenvalue weighted by Crippen LogP contribution is 2.27. The second-order valence-electron chi connectivity index (χ2n) is 6.24. The Labute approximate surface area is 168 Å². The van der Waals surface area contributed by atoms with Crippen LogP contribution in [0.5, 0.6) is 5.75 Å². The topological polar surface area (TPSA) is 61.2 Å². The molecule has 4 rings (SSSR count). The summed E-state index contributed by atoms with van der Waals surface area (Å²) in [6.45, 7) is 3.07. The average molecular weight is 445 g/mol. The van der Waals surface area contributed by atoms with Crippen LogP contribution in [0.15, 0.2) is 50.8 Å². The maximum Gasteiger partial charge on any atom is 0.262 e. The summed E-state index contributed by atoms with van der Waals surface area (Å²) < 4.78 is 7.94. The molecule has 0 fully saturated rings. The van der Waals surface area contributed by atoms with Gasteiger partial charge in [-0.05, 0) is 48.9 Å². The third kappa shape index (κ3) is 3.53. The van der Waals surface area contributed by atoms with Crippen LogP contribution in [0.3, 0.4) is 0 Å². The molecule has 0 unspecified atom stereocenters. The van der Waals surface area contributed by atoms with Gasteiger partial charge in [0, 0.05) is 23.0 Å². The molecular weight excluding hydrogens is 428 g/mol. The van der Waals surface area contributed by atoms with Gasteiger partial charge in [0.05, 0.1) is 23.3 Å². The molecular formula is C20H17BrN2O3S. The predicted octanol–water partition coefficient (Wildman–Crippen LogP) is 4.09. The molecule has 2 aromatic carbocycles. The molecule has 0 saturated heterocycles. The second kappa shape index (κ2) is 7.48. The molecule has 7 heteroatoms. The van der Waals surface area contributed by atoms with Crippen molar-refractivity contribution in [3.8, 4) is 5.75 Å². The van der Waals surface area contributed by atoms with Gasteiger partial charge in [-0.1, -0.05) is 27.7 Å². The first kappa shape index (κ1) is 18.3. The van der Waals surface area contributed by atoms with E-state index < -0.39 is 0 Å². The lowest BCUT2D eigenvalue weighted by Gasteiger charge is -2.11. The van der Waals surface area contributed by atoms with E-state index in [4.69, 9.17) is 4.74 Å².